The molecule has 13 heavy (non-hydrogen) atoms. The lowest BCUT2D eigenvalue weighted by atomic mass is 10.1. The van der Waals surface area contributed by atoms with Crippen LogP contribution in [-0.4, -0.2) is 24.7 Å². The van der Waals surface area contributed by atoms with E-state index in [-0.39, 0.29) is 11.9 Å². The molecule has 0 aromatic heterocycles. The molecule has 1 saturated heterocycles. The van der Waals surface area contributed by atoms with Gasteiger partial charge in [0.25, 0.3) is 0 Å². The van der Waals surface area contributed by atoms with Gasteiger partial charge < -0.3 is 4.74 Å². The van der Waals surface area contributed by atoms with E-state index in [1.807, 2.05) is 30.5 Å². The average Bonchev–Trinajstić information content (AvgIpc) is 3.00. The molecule has 1 fully saturated rings. The number of carbonyl (C=O) groups excluding carboxylic acids is 1. The summed E-state index contributed by atoms with van der Waals surface area (Å²) in [6.07, 6.45) is 1.85. The summed E-state index contributed by atoms with van der Waals surface area (Å²) in [5, 5.41) is 0. The van der Waals surface area contributed by atoms with Gasteiger partial charge in [-0.25, -0.2) is 0 Å². The molecule has 1 heterocycles. The molecule has 1 aromatic carbocycles. The first-order chi connectivity index (χ1) is 6.31. The van der Waals surface area contributed by atoms with Gasteiger partial charge in [0.1, 0.15) is 6.10 Å². The molecule has 0 N–H and O–H groups in total. The maximum atomic E-state index is 11.5. The number of hydrogen-bond acceptors (Lipinski definition) is 3. The fourth-order valence-electron chi connectivity index (χ4n) is 1.14. The topological polar surface area (TPSA) is 29.6 Å². The van der Waals surface area contributed by atoms with Gasteiger partial charge in [-0.05, 0) is 18.4 Å². The van der Waals surface area contributed by atoms with Crippen LogP contribution in [0.25, 0.3) is 0 Å². The predicted octanol–water partition coefficient (Wildman–Crippen LogP) is 1.99. The van der Waals surface area contributed by atoms with Crippen molar-refractivity contribution in [3.05, 3.63) is 29.8 Å². The molecule has 0 aliphatic carbocycles. The van der Waals surface area contributed by atoms with E-state index < -0.39 is 0 Å². The van der Waals surface area contributed by atoms with Crippen molar-refractivity contribution in [1.29, 1.82) is 0 Å². The lowest BCUT2D eigenvalue weighted by Crippen LogP contribution is -2.06. The summed E-state index contributed by atoms with van der Waals surface area (Å²) in [4.78, 5) is 12.6. The maximum Gasteiger partial charge on any atom is 0.193 e. The number of benzene rings is 1. The highest BCUT2D eigenvalue weighted by atomic mass is 32.2. The second kappa shape index (κ2) is 3.52. The van der Waals surface area contributed by atoms with Crippen LogP contribution in [0.2, 0.25) is 0 Å². The molecular weight excluding hydrogens is 184 g/mol. The van der Waals surface area contributed by atoms with E-state index in [1.54, 1.807) is 11.8 Å². The van der Waals surface area contributed by atoms with Crippen LogP contribution in [0.4, 0.5) is 0 Å². The Balaban J connectivity index is 2.16. The van der Waals surface area contributed by atoms with Gasteiger partial charge in [-0.15, -0.1) is 11.8 Å². The number of ketones is 1. The molecule has 1 atom stereocenters. The number of carbonyl (C=O) groups is 1. The van der Waals surface area contributed by atoms with Gasteiger partial charge in [0.15, 0.2) is 5.78 Å². The van der Waals surface area contributed by atoms with Crippen LogP contribution < -0.4 is 0 Å². The van der Waals surface area contributed by atoms with Gasteiger partial charge in [0, 0.05) is 10.5 Å². The van der Waals surface area contributed by atoms with E-state index >= 15 is 0 Å². The molecule has 0 bridgehead atoms. The van der Waals surface area contributed by atoms with Gasteiger partial charge in [-0.3, -0.25) is 4.79 Å². The summed E-state index contributed by atoms with van der Waals surface area (Å²) in [6, 6.07) is 7.63. The normalized spacial score (nSPS) is 19.9. The van der Waals surface area contributed by atoms with Crippen LogP contribution in [0.5, 0.6) is 0 Å². The zero-order valence-corrected chi connectivity index (χ0v) is 8.14. The van der Waals surface area contributed by atoms with Gasteiger partial charge in [0.2, 0.25) is 0 Å². The van der Waals surface area contributed by atoms with E-state index in [9.17, 15) is 4.79 Å². The fraction of sp³-hybridized carbons (Fsp3) is 0.300. The summed E-state index contributed by atoms with van der Waals surface area (Å²) >= 11 is 1.67. The smallest absolute Gasteiger partial charge is 0.193 e. The van der Waals surface area contributed by atoms with E-state index in [1.165, 1.54) is 4.90 Å². The Bertz CT molecular complexity index is 314. The second-order valence-electron chi connectivity index (χ2n) is 2.91. The Morgan fingerprint density at radius 2 is 2.08 bits per heavy atom. The first kappa shape index (κ1) is 8.78. The Morgan fingerprint density at radius 3 is 2.54 bits per heavy atom. The molecule has 68 valence electrons. The van der Waals surface area contributed by atoms with Crippen molar-refractivity contribution in [2.45, 2.75) is 11.0 Å². The largest absolute Gasteiger partial charge is 0.364 e. The fourth-order valence-corrected chi connectivity index (χ4v) is 1.55. The molecule has 0 radical (unpaired) electrons. The minimum absolute atomic E-state index is 0.104. The first-order valence-electron chi connectivity index (χ1n) is 4.11. The van der Waals surface area contributed by atoms with Gasteiger partial charge in [0.05, 0.1) is 6.61 Å². The van der Waals surface area contributed by atoms with Crippen LogP contribution in [0.3, 0.4) is 0 Å². The van der Waals surface area contributed by atoms with Crippen molar-refractivity contribution < 1.29 is 9.53 Å². The monoisotopic (exact) mass is 194 g/mol. The third-order valence-electron chi connectivity index (χ3n) is 2.00. The van der Waals surface area contributed by atoms with Crippen LogP contribution in [0.15, 0.2) is 29.2 Å². The SMILES string of the molecule is CSc1ccc(C(=O)C2CO2)cc1. The van der Waals surface area contributed by atoms with Gasteiger partial charge in [-0.2, -0.15) is 0 Å². The minimum Gasteiger partial charge on any atom is -0.364 e. The highest BCUT2D eigenvalue weighted by Crippen LogP contribution is 2.19. The number of rotatable bonds is 3. The third kappa shape index (κ3) is 1.92. The highest BCUT2D eigenvalue weighted by Gasteiger charge is 2.31. The molecule has 1 unspecified atom stereocenters. The van der Waals surface area contributed by atoms with Crippen LogP contribution >= 0.6 is 11.8 Å². The van der Waals surface area contributed by atoms with Crippen LogP contribution in [0, 0.1) is 0 Å². The molecule has 2 rings (SSSR count). The molecule has 2 nitrogen and oxygen atoms in total. The zero-order valence-electron chi connectivity index (χ0n) is 7.32. The number of Topliss-reactive ketones (excluding diaryl/α,β-unsaturated/α-hetero) is 1. The molecule has 1 aliphatic rings. The molecule has 0 saturated carbocycles. The second-order valence-corrected chi connectivity index (χ2v) is 3.79. The standard InChI is InChI=1S/C10H10O2S/c1-13-8-4-2-7(3-5-8)10(11)9-6-12-9/h2-5,9H,6H2,1H3. The first-order valence-corrected chi connectivity index (χ1v) is 5.33. The molecule has 1 aliphatic heterocycles. The van der Waals surface area contributed by atoms with Gasteiger partial charge in [-0.1, -0.05) is 12.1 Å². The summed E-state index contributed by atoms with van der Waals surface area (Å²) in [6.45, 7) is 0.586. The quantitative estimate of drug-likeness (QED) is 0.418. The lowest BCUT2D eigenvalue weighted by molar-refractivity contribution is 0.0953. The van der Waals surface area contributed by atoms with Gasteiger partial charge >= 0.3 is 0 Å². The maximum absolute atomic E-state index is 11.5. The number of thioether (sulfide) groups is 1. The van der Waals surface area contributed by atoms with E-state index in [0.29, 0.717) is 6.61 Å². The highest BCUT2D eigenvalue weighted by molar-refractivity contribution is 7.98. The van der Waals surface area contributed by atoms with Crippen LogP contribution in [-0.2, 0) is 4.74 Å². The molecule has 0 amide bonds. The average molecular weight is 194 g/mol. The van der Waals surface area contributed by atoms with Crippen molar-refractivity contribution in [2.24, 2.45) is 0 Å². The van der Waals surface area contributed by atoms with E-state index in [0.717, 1.165) is 5.56 Å². The Morgan fingerprint density at radius 1 is 1.46 bits per heavy atom. The summed E-state index contributed by atoms with van der Waals surface area (Å²) in [5.41, 5.74) is 0.750. The molecule has 0 spiro atoms. The number of epoxide rings is 1. The van der Waals surface area contributed by atoms with E-state index in [4.69, 9.17) is 4.74 Å². The van der Waals surface area contributed by atoms with E-state index in [2.05, 4.69) is 0 Å². The van der Waals surface area contributed by atoms with Crippen molar-refractivity contribution in [1.82, 2.24) is 0 Å². The summed E-state index contributed by atoms with van der Waals surface area (Å²) < 4.78 is 4.93. The molecular formula is C10H10O2S. The Kier molecular flexibility index (Phi) is 2.38. The van der Waals surface area contributed by atoms with Crippen molar-refractivity contribution in [2.75, 3.05) is 12.9 Å². The molecule has 1 aromatic rings. The van der Waals surface area contributed by atoms with Crippen LogP contribution in [0.1, 0.15) is 10.4 Å². The number of hydrogen-bond donors (Lipinski definition) is 0. The summed E-state index contributed by atoms with van der Waals surface area (Å²) in [7, 11) is 0. The number of ether oxygens (including phenoxy) is 1. The van der Waals surface area contributed by atoms with Crippen molar-refractivity contribution in [3.8, 4) is 0 Å². The minimum atomic E-state index is -0.167. The molecule has 3 heteroatoms. The Hall–Kier alpha value is -0.800. The Labute approximate surface area is 81.3 Å². The predicted molar refractivity (Wildman–Crippen MR) is 52.3 cm³/mol. The zero-order chi connectivity index (χ0) is 9.26. The van der Waals surface area contributed by atoms with Crippen molar-refractivity contribution in [3.63, 3.8) is 0 Å². The summed E-state index contributed by atoms with van der Waals surface area (Å²) in [5.74, 6) is 0.104. The van der Waals surface area contributed by atoms with Crippen molar-refractivity contribution >= 4 is 17.5 Å². The third-order valence-corrected chi connectivity index (χ3v) is 2.74. The lowest BCUT2D eigenvalue weighted by Gasteiger charge is -1.98.